The zero-order valence-corrected chi connectivity index (χ0v) is 11.8. The van der Waals surface area contributed by atoms with Crippen LogP contribution in [0.3, 0.4) is 0 Å². The topological polar surface area (TPSA) is 29.4 Å². The zero-order valence-electron chi connectivity index (χ0n) is 11.8. The molecule has 1 aliphatic rings. The van der Waals surface area contributed by atoms with E-state index in [9.17, 15) is 4.79 Å². The summed E-state index contributed by atoms with van der Waals surface area (Å²) in [5.41, 5.74) is 3.20. The molecule has 2 nitrogen and oxygen atoms in total. The lowest BCUT2D eigenvalue weighted by Gasteiger charge is -2.13. The van der Waals surface area contributed by atoms with Crippen molar-refractivity contribution < 1.29 is 4.79 Å². The molecule has 0 saturated carbocycles. The Bertz CT molecular complexity index is 445. The van der Waals surface area contributed by atoms with Crippen molar-refractivity contribution >= 4 is 11.5 Å². The van der Waals surface area contributed by atoms with Gasteiger partial charge in [0.25, 0.3) is 0 Å². The molecule has 2 heteroatoms. The first-order valence-corrected chi connectivity index (χ1v) is 7.48. The Hall–Kier alpha value is -1.44. The molecule has 0 fully saturated rings. The highest BCUT2D eigenvalue weighted by molar-refractivity contribution is 6.04. The first-order valence-electron chi connectivity index (χ1n) is 7.48. The van der Waals surface area contributed by atoms with Crippen molar-refractivity contribution in [2.24, 2.45) is 4.99 Å². The summed E-state index contributed by atoms with van der Waals surface area (Å²) in [6, 6.07) is 7.96. The van der Waals surface area contributed by atoms with Crippen LogP contribution in [0, 0.1) is 0 Å². The van der Waals surface area contributed by atoms with Gasteiger partial charge >= 0.3 is 0 Å². The SMILES string of the molecule is CCCCCCCC(=O)c1ccc(C2=NCC2)cc1. The maximum atomic E-state index is 12.0. The smallest absolute Gasteiger partial charge is 0.162 e. The standard InChI is InChI=1S/C17H23NO/c1-2-3-4-5-6-7-17(19)15-10-8-14(9-11-15)16-12-13-18-16/h8-11H,2-7,12-13H2,1H3. The number of carbonyl (C=O) groups excluding carboxylic acids is 1. The van der Waals surface area contributed by atoms with Crippen LogP contribution in [-0.4, -0.2) is 18.0 Å². The van der Waals surface area contributed by atoms with Gasteiger partial charge in [0.2, 0.25) is 0 Å². The van der Waals surface area contributed by atoms with E-state index in [0.717, 1.165) is 24.9 Å². The quantitative estimate of drug-likeness (QED) is 0.500. The number of Topliss-reactive ketones (excluding diaryl/α,β-unsaturated/α-hetero) is 1. The van der Waals surface area contributed by atoms with Gasteiger partial charge in [-0.15, -0.1) is 0 Å². The summed E-state index contributed by atoms with van der Waals surface area (Å²) in [5.74, 6) is 0.276. The predicted molar refractivity (Wildman–Crippen MR) is 80.2 cm³/mol. The molecule has 1 aliphatic heterocycles. The van der Waals surface area contributed by atoms with Crippen molar-refractivity contribution in [2.75, 3.05) is 6.54 Å². The summed E-state index contributed by atoms with van der Waals surface area (Å²) in [5, 5.41) is 0. The van der Waals surface area contributed by atoms with Gasteiger partial charge < -0.3 is 0 Å². The highest BCUT2D eigenvalue weighted by Crippen LogP contribution is 2.15. The molecule has 0 radical (unpaired) electrons. The molecule has 0 unspecified atom stereocenters. The van der Waals surface area contributed by atoms with E-state index in [1.54, 1.807) is 0 Å². The number of unbranched alkanes of at least 4 members (excludes halogenated alkanes) is 4. The minimum absolute atomic E-state index is 0.276. The van der Waals surface area contributed by atoms with E-state index >= 15 is 0 Å². The number of aliphatic imine (C=N–C) groups is 1. The number of rotatable bonds is 8. The Morgan fingerprint density at radius 3 is 2.37 bits per heavy atom. The molecular weight excluding hydrogens is 234 g/mol. The van der Waals surface area contributed by atoms with Gasteiger partial charge in [-0.1, -0.05) is 56.9 Å². The van der Waals surface area contributed by atoms with E-state index in [1.807, 2.05) is 24.3 Å². The molecule has 0 N–H and O–H groups in total. The average molecular weight is 257 g/mol. The van der Waals surface area contributed by atoms with Gasteiger partial charge in [0.1, 0.15) is 0 Å². The van der Waals surface area contributed by atoms with Crippen LogP contribution in [0.25, 0.3) is 0 Å². The maximum Gasteiger partial charge on any atom is 0.162 e. The molecule has 1 heterocycles. The van der Waals surface area contributed by atoms with E-state index in [-0.39, 0.29) is 5.78 Å². The van der Waals surface area contributed by atoms with Gasteiger partial charge in [-0.2, -0.15) is 0 Å². The third-order valence-electron chi connectivity index (χ3n) is 3.70. The zero-order chi connectivity index (χ0) is 13.5. The van der Waals surface area contributed by atoms with Crippen LogP contribution < -0.4 is 0 Å². The Morgan fingerprint density at radius 1 is 1.11 bits per heavy atom. The second-order valence-corrected chi connectivity index (χ2v) is 5.24. The third-order valence-corrected chi connectivity index (χ3v) is 3.70. The fourth-order valence-corrected chi connectivity index (χ4v) is 2.34. The number of hydrogen-bond donors (Lipinski definition) is 0. The van der Waals surface area contributed by atoms with Crippen molar-refractivity contribution in [3.63, 3.8) is 0 Å². The molecule has 0 spiro atoms. The number of benzene rings is 1. The lowest BCUT2D eigenvalue weighted by molar-refractivity contribution is 0.0979. The summed E-state index contributed by atoms with van der Waals surface area (Å²) in [4.78, 5) is 16.3. The van der Waals surface area contributed by atoms with Crippen molar-refractivity contribution in [1.29, 1.82) is 0 Å². The Labute approximate surface area is 115 Å². The number of nitrogens with zero attached hydrogens (tertiary/aromatic N) is 1. The van der Waals surface area contributed by atoms with Crippen molar-refractivity contribution in [3.8, 4) is 0 Å². The molecule has 2 rings (SSSR count). The van der Waals surface area contributed by atoms with Crippen molar-refractivity contribution in [3.05, 3.63) is 35.4 Å². The van der Waals surface area contributed by atoms with E-state index in [0.29, 0.717) is 6.42 Å². The molecule has 1 aromatic carbocycles. The average Bonchev–Trinajstić information content (AvgIpc) is 2.37. The van der Waals surface area contributed by atoms with Crippen LogP contribution in [0.4, 0.5) is 0 Å². The fourth-order valence-electron chi connectivity index (χ4n) is 2.34. The van der Waals surface area contributed by atoms with Crippen LogP contribution in [0.1, 0.15) is 67.8 Å². The molecular formula is C17H23NO. The molecule has 0 aromatic heterocycles. The van der Waals surface area contributed by atoms with Crippen LogP contribution in [0.2, 0.25) is 0 Å². The second-order valence-electron chi connectivity index (χ2n) is 5.24. The minimum Gasteiger partial charge on any atom is -0.294 e. The van der Waals surface area contributed by atoms with Gasteiger partial charge in [-0.3, -0.25) is 9.79 Å². The Balaban J connectivity index is 1.79. The highest BCUT2D eigenvalue weighted by Gasteiger charge is 2.11. The normalized spacial score (nSPS) is 13.8. The summed E-state index contributed by atoms with van der Waals surface area (Å²) >= 11 is 0. The molecule has 0 saturated heterocycles. The van der Waals surface area contributed by atoms with Gasteiger partial charge in [0.15, 0.2) is 5.78 Å². The fraction of sp³-hybridized carbons (Fsp3) is 0.529. The van der Waals surface area contributed by atoms with Gasteiger partial charge in [0.05, 0.1) is 0 Å². The molecule has 0 atom stereocenters. The maximum absolute atomic E-state index is 12.0. The summed E-state index contributed by atoms with van der Waals surface area (Å²) in [6.45, 7) is 3.16. The van der Waals surface area contributed by atoms with E-state index in [1.165, 1.54) is 37.0 Å². The largest absolute Gasteiger partial charge is 0.294 e. The molecule has 0 amide bonds. The monoisotopic (exact) mass is 257 g/mol. The molecule has 0 aliphatic carbocycles. The molecule has 0 bridgehead atoms. The summed E-state index contributed by atoms with van der Waals surface area (Å²) < 4.78 is 0. The van der Waals surface area contributed by atoms with Gasteiger partial charge in [-0.05, 0) is 12.0 Å². The van der Waals surface area contributed by atoms with E-state index < -0.39 is 0 Å². The summed E-state index contributed by atoms with van der Waals surface area (Å²) in [7, 11) is 0. The third kappa shape index (κ3) is 4.02. The number of carbonyl (C=O) groups is 1. The Kier molecular flexibility index (Phi) is 5.31. The molecule has 102 valence electrons. The van der Waals surface area contributed by atoms with E-state index in [4.69, 9.17) is 0 Å². The first-order chi connectivity index (χ1) is 9.31. The summed E-state index contributed by atoms with van der Waals surface area (Å²) in [6.07, 6.45) is 7.74. The molecule has 1 aromatic rings. The lowest BCUT2D eigenvalue weighted by Crippen LogP contribution is -2.13. The van der Waals surface area contributed by atoms with Crippen LogP contribution in [0.5, 0.6) is 0 Å². The van der Waals surface area contributed by atoms with Crippen molar-refractivity contribution in [2.45, 2.75) is 51.9 Å². The lowest BCUT2D eigenvalue weighted by atomic mass is 9.99. The second kappa shape index (κ2) is 7.22. The van der Waals surface area contributed by atoms with Gasteiger partial charge in [0, 0.05) is 30.7 Å². The Morgan fingerprint density at radius 2 is 1.79 bits per heavy atom. The first kappa shape index (κ1) is 14.0. The van der Waals surface area contributed by atoms with Crippen LogP contribution in [-0.2, 0) is 0 Å². The highest BCUT2D eigenvalue weighted by atomic mass is 16.1. The number of hydrogen-bond acceptors (Lipinski definition) is 2. The van der Waals surface area contributed by atoms with Crippen LogP contribution in [0.15, 0.2) is 29.3 Å². The molecule has 19 heavy (non-hydrogen) atoms. The van der Waals surface area contributed by atoms with Crippen molar-refractivity contribution in [1.82, 2.24) is 0 Å². The van der Waals surface area contributed by atoms with E-state index in [2.05, 4.69) is 11.9 Å². The number of ketones is 1. The van der Waals surface area contributed by atoms with Gasteiger partial charge in [-0.25, -0.2) is 0 Å². The predicted octanol–water partition coefficient (Wildman–Crippen LogP) is 4.42. The minimum atomic E-state index is 0.276. The van der Waals surface area contributed by atoms with Crippen LogP contribution >= 0.6 is 0 Å².